The van der Waals surface area contributed by atoms with Gasteiger partial charge < -0.3 is 10.2 Å². The Morgan fingerprint density at radius 1 is 1.33 bits per heavy atom. The quantitative estimate of drug-likeness (QED) is 0.804. The van der Waals surface area contributed by atoms with Crippen LogP contribution in [0.25, 0.3) is 0 Å². The molecule has 0 aromatic heterocycles. The van der Waals surface area contributed by atoms with E-state index >= 15 is 0 Å². The van der Waals surface area contributed by atoms with Crippen molar-refractivity contribution in [2.24, 2.45) is 0 Å². The van der Waals surface area contributed by atoms with Crippen LogP contribution in [0.3, 0.4) is 0 Å². The van der Waals surface area contributed by atoms with Gasteiger partial charge in [0.1, 0.15) is 0 Å². The van der Waals surface area contributed by atoms with Crippen molar-refractivity contribution in [1.29, 1.82) is 0 Å². The molecule has 2 nitrogen and oxygen atoms in total. The molecule has 0 aromatic rings. The zero-order valence-electron chi connectivity index (χ0n) is 9.82. The van der Waals surface area contributed by atoms with E-state index in [1.807, 2.05) is 44.3 Å². The van der Waals surface area contributed by atoms with Crippen LogP contribution >= 0.6 is 23.5 Å². The van der Waals surface area contributed by atoms with Crippen molar-refractivity contribution in [3.05, 3.63) is 0 Å². The first-order valence-electron chi connectivity index (χ1n) is 5.56. The van der Waals surface area contributed by atoms with Gasteiger partial charge >= 0.3 is 0 Å². The maximum Gasteiger partial charge on any atom is 0.0891 e. The highest BCUT2D eigenvalue weighted by molar-refractivity contribution is 8.18. The summed E-state index contributed by atoms with van der Waals surface area (Å²) in [5.41, 5.74) is -0.683. The molecular weight excluding hydrogens is 228 g/mol. The van der Waals surface area contributed by atoms with Crippen LogP contribution in [0.5, 0.6) is 0 Å². The van der Waals surface area contributed by atoms with Gasteiger partial charge in [0.25, 0.3) is 0 Å². The average molecular weight is 250 g/mol. The van der Waals surface area contributed by atoms with Crippen LogP contribution in [0, 0.1) is 0 Å². The molecule has 1 rings (SSSR count). The van der Waals surface area contributed by atoms with Crippen molar-refractivity contribution in [1.82, 2.24) is 0 Å². The second-order valence-corrected chi connectivity index (χ2v) is 7.80. The van der Waals surface area contributed by atoms with Crippen LogP contribution in [0.15, 0.2) is 0 Å². The summed E-state index contributed by atoms with van der Waals surface area (Å²) in [7, 11) is 0. The molecule has 4 heteroatoms. The van der Waals surface area contributed by atoms with E-state index in [2.05, 4.69) is 0 Å². The summed E-state index contributed by atoms with van der Waals surface area (Å²) in [6.45, 7) is 5.59. The van der Waals surface area contributed by atoms with E-state index in [9.17, 15) is 10.2 Å². The SMILES string of the molecule is C[C@H](O)CCC1(C(C)(C)O)SCCCS1. The van der Waals surface area contributed by atoms with Crippen molar-refractivity contribution in [3.63, 3.8) is 0 Å². The third-order valence-corrected chi connectivity index (χ3v) is 6.82. The largest absolute Gasteiger partial charge is 0.393 e. The summed E-state index contributed by atoms with van der Waals surface area (Å²) in [4.78, 5) is 0. The highest BCUT2D eigenvalue weighted by atomic mass is 32.2. The van der Waals surface area contributed by atoms with Gasteiger partial charge in [-0.05, 0) is 51.5 Å². The Bertz CT molecular complexity index is 193. The standard InChI is InChI=1S/C11H22O2S2/c1-9(12)5-6-11(10(2,3)13)14-7-4-8-15-11/h9,12-13H,4-8H2,1-3H3/t9-/m0/s1. The lowest BCUT2D eigenvalue weighted by Crippen LogP contribution is -2.47. The monoisotopic (exact) mass is 250 g/mol. The summed E-state index contributed by atoms with van der Waals surface area (Å²) in [6.07, 6.45) is 2.60. The number of hydrogen-bond acceptors (Lipinski definition) is 4. The predicted octanol–water partition coefficient (Wildman–Crippen LogP) is 2.48. The molecule has 0 amide bonds. The van der Waals surface area contributed by atoms with Crippen LogP contribution in [-0.2, 0) is 0 Å². The third-order valence-electron chi connectivity index (χ3n) is 2.78. The van der Waals surface area contributed by atoms with E-state index in [0.29, 0.717) is 0 Å². The van der Waals surface area contributed by atoms with Gasteiger partial charge in [0.05, 0.1) is 15.8 Å². The van der Waals surface area contributed by atoms with Gasteiger partial charge in [-0.25, -0.2) is 0 Å². The second kappa shape index (κ2) is 5.30. The Morgan fingerprint density at radius 2 is 1.87 bits per heavy atom. The van der Waals surface area contributed by atoms with E-state index in [-0.39, 0.29) is 10.2 Å². The number of aliphatic hydroxyl groups excluding tert-OH is 1. The van der Waals surface area contributed by atoms with Gasteiger partial charge in [-0.1, -0.05) is 0 Å². The van der Waals surface area contributed by atoms with Crippen molar-refractivity contribution in [3.8, 4) is 0 Å². The number of aliphatic hydroxyl groups is 2. The number of hydrogen-bond donors (Lipinski definition) is 2. The summed E-state index contributed by atoms with van der Waals surface area (Å²) >= 11 is 3.72. The Kier molecular flexibility index (Phi) is 4.84. The van der Waals surface area contributed by atoms with Gasteiger partial charge in [-0.3, -0.25) is 0 Å². The van der Waals surface area contributed by atoms with E-state index in [4.69, 9.17) is 0 Å². The molecule has 0 unspecified atom stereocenters. The second-order valence-electron chi connectivity index (χ2n) is 4.75. The molecule has 1 atom stereocenters. The van der Waals surface area contributed by atoms with E-state index in [1.54, 1.807) is 0 Å². The first-order chi connectivity index (χ1) is 6.87. The molecule has 2 N–H and O–H groups in total. The topological polar surface area (TPSA) is 40.5 Å². The highest BCUT2D eigenvalue weighted by Crippen LogP contribution is 2.52. The van der Waals surface area contributed by atoms with Gasteiger partial charge in [0.2, 0.25) is 0 Å². The molecule has 0 radical (unpaired) electrons. The van der Waals surface area contributed by atoms with Gasteiger partial charge in [0.15, 0.2) is 0 Å². The Labute approximate surface area is 101 Å². The van der Waals surface area contributed by atoms with Crippen molar-refractivity contribution in [2.75, 3.05) is 11.5 Å². The Morgan fingerprint density at radius 3 is 2.27 bits per heavy atom. The fraction of sp³-hybridized carbons (Fsp3) is 1.00. The van der Waals surface area contributed by atoms with Crippen molar-refractivity contribution >= 4 is 23.5 Å². The fourth-order valence-corrected chi connectivity index (χ4v) is 5.26. The third kappa shape index (κ3) is 3.55. The molecule has 15 heavy (non-hydrogen) atoms. The molecule has 0 bridgehead atoms. The van der Waals surface area contributed by atoms with E-state index < -0.39 is 5.60 Å². The van der Waals surface area contributed by atoms with Gasteiger partial charge in [-0.15, -0.1) is 23.5 Å². The van der Waals surface area contributed by atoms with Crippen molar-refractivity contribution < 1.29 is 10.2 Å². The van der Waals surface area contributed by atoms with Crippen LogP contribution in [0.2, 0.25) is 0 Å². The van der Waals surface area contributed by atoms with Crippen LogP contribution in [0.4, 0.5) is 0 Å². The smallest absolute Gasteiger partial charge is 0.0891 e. The molecule has 90 valence electrons. The molecule has 0 aromatic carbocycles. The van der Waals surface area contributed by atoms with Crippen molar-refractivity contribution in [2.45, 2.75) is 55.8 Å². The normalized spacial score (nSPS) is 23.8. The number of thioether (sulfide) groups is 2. The fourth-order valence-electron chi connectivity index (χ4n) is 1.78. The number of rotatable bonds is 4. The zero-order chi connectivity index (χ0) is 11.5. The Balaban J connectivity index is 2.67. The zero-order valence-corrected chi connectivity index (χ0v) is 11.5. The molecule has 1 saturated heterocycles. The Hall–Kier alpha value is 0.620. The molecule has 1 fully saturated rings. The molecule has 0 saturated carbocycles. The molecule has 1 heterocycles. The van der Waals surface area contributed by atoms with Crippen LogP contribution < -0.4 is 0 Å². The van der Waals surface area contributed by atoms with Crippen LogP contribution in [-0.4, -0.2) is 37.5 Å². The molecule has 0 aliphatic carbocycles. The maximum absolute atomic E-state index is 10.3. The lowest BCUT2D eigenvalue weighted by Gasteiger charge is -2.45. The predicted molar refractivity (Wildman–Crippen MR) is 69.5 cm³/mol. The summed E-state index contributed by atoms with van der Waals surface area (Å²) in [5.74, 6) is 2.24. The molecular formula is C11H22O2S2. The maximum atomic E-state index is 10.3. The molecule has 1 aliphatic heterocycles. The van der Waals surface area contributed by atoms with E-state index in [1.165, 1.54) is 6.42 Å². The van der Waals surface area contributed by atoms with Crippen LogP contribution in [0.1, 0.15) is 40.0 Å². The molecule has 0 spiro atoms. The average Bonchev–Trinajstić information content (AvgIpc) is 2.14. The first kappa shape index (κ1) is 13.7. The van der Waals surface area contributed by atoms with Gasteiger partial charge in [0, 0.05) is 0 Å². The minimum absolute atomic E-state index is 0.123. The summed E-state index contributed by atoms with van der Waals surface area (Å²) in [5, 5.41) is 19.6. The van der Waals surface area contributed by atoms with Gasteiger partial charge in [-0.2, -0.15) is 0 Å². The summed E-state index contributed by atoms with van der Waals surface area (Å²) < 4.78 is -0.123. The summed E-state index contributed by atoms with van der Waals surface area (Å²) in [6, 6.07) is 0. The lowest BCUT2D eigenvalue weighted by atomic mass is 9.98. The lowest BCUT2D eigenvalue weighted by molar-refractivity contribution is 0.0585. The minimum atomic E-state index is -0.683. The van der Waals surface area contributed by atoms with E-state index in [0.717, 1.165) is 24.3 Å². The highest BCUT2D eigenvalue weighted by Gasteiger charge is 2.45. The minimum Gasteiger partial charge on any atom is -0.393 e. The molecule has 1 aliphatic rings. The first-order valence-corrected chi connectivity index (χ1v) is 7.53.